The highest BCUT2D eigenvalue weighted by molar-refractivity contribution is 7.89. The molecular weight excluding hydrogens is 510 g/mol. The first kappa shape index (κ1) is 25.4. The van der Waals surface area contributed by atoms with E-state index in [0.29, 0.717) is 36.9 Å². The molecule has 0 aliphatic carbocycles. The van der Waals surface area contributed by atoms with Crippen LogP contribution in [0.3, 0.4) is 0 Å². The molecule has 37 heavy (non-hydrogen) atoms. The van der Waals surface area contributed by atoms with E-state index in [1.807, 2.05) is 38.1 Å². The van der Waals surface area contributed by atoms with Gasteiger partial charge in [0.25, 0.3) is 0 Å². The number of hydrogen-bond donors (Lipinski definition) is 0. The molecule has 1 amide bonds. The van der Waals surface area contributed by atoms with E-state index in [9.17, 15) is 13.2 Å². The lowest BCUT2D eigenvalue weighted by atomic mass is 9.98. The predicted octanol–water partition coefficient (Wildman–Crippen LogP) is 5.23. The molecule has 4 aromatic rings. The summed E-state index contributed by atoms with van der Waals surface area (Å²) < 4.78 is 40.2. The zero-order valence-electron chi connectivity index (χ0n) is 20.8. The van der Waals surface area contributed by atoms with Crippen molar-refractivity contribution in [3.8, 4) is 5.75 Å². The molecule has 1 unspecified atom stereocenters. The number of rotatable bonds is 8. The summed E-state index contributed by atoms with van der Waals surface area (Å²) in [5.41, 5.74) is 1.76. The zero-order valence-corrected chi connectivity index (χ0v) is 22.4. The quantitative estimate of drug-likeness (QED) is 0.304. The molecule has 2 aromatic carbocycles. The Morgan fingerprint density at radius 3 is 2.76 bits per heavy atom. The number of aromatic nitrogens is 1. The largest absolute Gasteiger partial charge is 0.494 e. The first-order valence-electron chi connectivity index (χ1n) is 12.3. The van der Waals surface area contributed by atoms with Crippen LogP contribution < -0.4 is 9.64 Å². The van der Waals surface area contributed by atoms with Crippen LogP contribution >= 0.6 is 11.3 Å². The molecule has 10 heteroatoms. The van der Waals surface area contributed by atoms with Gasteiger partial charge in [-0.1, -0.05) is 29.0 Å². The molecule has 1 fully saturated rings. The molecular formula is C27H29N3O5S2. The molecule has 1 saturated heterocycles. The molecule has 5 rings (SSSR count). The van der Waals surface area contributed by atoms with Crippen LogP contribution in [-0.2, 0) is 21.4 Å². The average molecular weight is 540 g/mol. The fourth-order valence-corrected chi connectivity index (χ4v) is 7.03. The third-order valence-electron chi connectivity index (χ3n) is 6.44. The van der Waals surface area contributed by atoms with Crippen molar-refractivity contribution in [1.82, 2.24) is 9.29 Å². The number of fused-ring (bicyclic) bond motifs is 1. The van der Waals surface area contributed by atoms with Gasteiger partial charge >= 0.3 is 0 Å². The van der Waals surface area contributed by atoms with Crippen LogP contribution in [0.4, 0.5) is 5.13 Å². The number of aryl methyl sites for hydroxylation is 1. The average Bonchev–Trinajstić information content (AvgIpc) is 3.57. The Morgan fingerprint density at radius 1 is 1.22 bits per heavy atom. The minimum absolute atomic E-state index is 0.128. The maximum Gasteiger partial charge on any atom is 0.243 e. The summed E-state index contributed by atoms with van der Waals surface area (Å²) in [6.45, 7) is 5.13. The predicted molar refractivity (Wildman–Crippen MR) is 143 cm³/mol. The molecule has 1 aliphatic heterocycles. The summed E-state index contributed by atoms with van der Waals surface area (Å²) in [5, 5.41) is 0.545. The molecule has 1 aliphatic rings. The van der Waals surface area contributed by atoms with Crippen molar-refractivity contribution >= 4 is 42.6 Å². The summed E-state index contributed by atoms with van der Waals surface area (Å²) >= 11 is 1.40. The first-order chi connectivity index (χ1) is 17.8. The van der Waals surface area contributed by atoms with Crippen LogP contribution in [0.1, 0.15) is 31.1 Å². The SMILES string of the molecule is CCOc1ccc2nc(N(Cc3ccco3)C(=O)C3CCCN(S(=O)(=O)c4ccc(C)cc4)C3)sc2c1. The van der Waals surface area contributed by atoms with E-state index in [1.54, 1.807) is 41.5 Å². The second-order valence-corrected chi connectivity index (χ2v) is 12.0. The van der Waals surface area contributed by atoms with Crippen LogP contribution in [0.5, 0.6) is 5.75 Å². The number of thiazole rings is 1. The van der Waals surface area contributed by atoms with Crippen molar-refractivity contribution in [1.29, 1.82) is 0 Å². The number of benzene rings is 2. The maximum atomic E-state index is 13.9. The van der Waals surface area contributed by atoms with Gasteiger partial charge in [0.1, 0.15) is 11.5 Å². The molecule has 0 saturated carbocycles. The van der Waals surface area contributed by atoms with Gasteiger partial charge in [0.05, 0.1) is 40.4 Å². The van der Waals surface area contributed by atoms with E-state index >= 15 is 0 Å². The minimum Gasteiger partial charge on any atom is -0.494 e. The highest BCUT2D eigenvalue weighted by Gasteiger charge is 2.36. The molecule has 0 spiro atoms. The number of nitrogens with zero attached hydrogens (tertiary/aromatic N) is 3. The molecule has 1 atom stereocenters. The van der Waals surface area contributed by atoms with Crippen LogP contribution in [-0.4, -0.2) is 43.3 Å². The van der Waals surface area contributed by atoms with Crippen LogP contribution in [0.2, 0.25) is 0 Å². The number of ether oxygens (including phenoxy) is 1. The Labute approximate surface area is 220 Å². The maximum absolute atomic E-state index is 13.9. The number of sulfonamides is 1. The van der Waals surface area contributed by atoms with Gasteiger partial charge in [0.15, 0.2) is 5.13 Å². The Kier molecular flexibility index (Phi) is 7.32. The smallest absolute Gasteiger partial charge is 0.243 e. The Hall–Kier alpha value is -3.21. The number of amides is 1. The summed E-state index contributed by atoms with van der Waals surface area (Å²) in [6.07, 6.45) is 2.78. The summed E-state index contributed by atoms with van der Waals surface area (Å²) in [5.74, 6) is 0.722. The van der Waals surface area contributed by atoms with Crippen molar-refractivity contribution in [2.45, 2.75) is 38.1 Å². The van der Waals surface area contributed by atoms with Crippen LogP contribution in [0, 0.1) is 12.8 Å². The third-order valence-corrected chi connectivity index (χ3v) is 9.36. The lowest BCUT2D eigenvalue weighted by Gasteiger charge is -2.33. The highest BCUT2D eigenvalue weighted by Crippen LogP contribution is 2.34. The van der Waals surface area contributed by atoms with E-state index in [2.05, 4.69) is 0 Å². The second-order valence-electron chi connectivity index (χ2n) is 9.08. The van der Waals surface area contributed by atoms with Crippen molar-refractivity contribution < 1.29 is 22.4 Å². The lowest BCUT2D eigenvalue weighted by molar-refractivity contribution is -0.123. The fraction of sp³-hybridized carbons (Fsp3) is 0.333. The van der Waals surface area contributed by atoms with Gasteiger partial charge in [-0.25, -0.2) is 13.4 Å². The Balaban J connectivity index is 1.43. The Bertz CT molecular complexity index is 1480. The van der Waals surface area contributed by atoms with Crippen molar-refractivity contribution in [3.63, 3.8) is 0 Å². The molecule has 0 bridgehead atoms. The number of carbonyl (C=O) groups excluding carboxylic acids is 1. The monoisotopic (exact) mass is 539 g/mol. The summed E-state index contributed by atoms with van der Waals surface area (Å²) in [6, 6.07) is 16.1. The van der Waals surface area contributed by atoms with Gasteiger partial charge in [-0.15, -0.1) is 0 Å². The number of furan rings is 1. The highest BCUT2D eigenvalue weighted by atomic mass is 32.2. The van der Waals surface area contributed by atoms with Gasteiger partial charge in [-0.05, 0) is 69.2 Å². The van der Waals surface area contributed by atoms with Gasteiger partial charge in [-0.2, -0.15) is 4.31 Å². The van der Waals surface area contributed by atoms with E-state index in [-0.39, 0.29) is 23.9 Å². The molecule has 2 aromatic heterocycles. The van der Waals surface area contributed by atoms with Crippen molar-refractivity contribution in [3.05, 3.63) is 72.2 Å². The second kappa shape index (κ2) is 10.6. The molecule has 0 N–H and O–H groups in total. The number of piperidine rings is 1. The summed E-state index contributed by atoms with van der Waals surface area (Å²) in [4.78, 5) is 20.5. The minimum atomic E-state index is -3.70. The van der Waals surface area contributed by atoms with Crippen LogP contribution in [0.25, 0.3) is 10.2 Å². The zero-order chi connectivity index (χ0) is 26.0. The van der Waals surface area contributed by atoms with Gasteiger partial charge in [-0.3, -0.25) is 9.69 Å². The van der Waals surface area contributed by atoms with Gasteiger partial charge in [0.2, 0.25) is 15.9 Å². The standard InChI is InChI=1S/C27H29N3O5S2/c1-3-34-21-10-13-24-25(16-21)36-27(28-24)30(18-22-7-5-15-35-22)26(31)20-6-4-14-29(17-20)37(32,33)23-11-8-19(2)9-12-23/h5,7-13,15-16,20H,3-4,6,14,17-18H2,1-2H3. The third kappa shape index (κ3) is 5.41. The Morgan fingerprint density at radius 2 is 2.03 bits per heavy atom. The topological polar surface area (TPSA) is 92.9 Å². The number of carbonyl (C=O) groups is 1. The van der Waals surface area contributed by atoms with Crippen molar-refractivity contribution in [2.24, 2.45) is 5.92 Å². The molecule has 194 valence electrons. The van der Waals surface area contributed by atoms with E-state index < -0.39 is 15.9 Å². The molecule has 3 heterocycles. The summed E-state index contributed by atoms with van der Waals surface area (Å²) in [7, 11) is -3.70. The lowest BCUT2D eigenvalue weighted by Crippen LogP contribution is -2.46. The van der Waals surface area contributed by atoms with Gasteiger partial charge in [0, 0.05) is 13.1 Å². The normalized spacial score (nSPS) is 16.6. The molecule has 8 nitrogen and oxygen atoms in total. The van der Waals surface area contributed by atoms with E-state index in [4.69, 9.17) is 14.1 Å². The van der Waals surface area contributed by atoms with E-state index in [1.165, 1.54) is 15.6 Å². The fourth-order valence-electron chi connectivity index (χ4n) is 4.50. The van der Waals surface area contributed by atoms with E-state index in [0.717, 1.165) is 21.5 Å². The van der Waals surface area contributed by atoms with Crippen molar-refractivity contribution in [2.75, 3.05) is 24.6 Å². The van der Waals surface area contributed by atoms with Crippen LogP contribution in [0.15, 0.2) is 70.2 Å². The number of anilines is 1. The van der Waals surface area contributed by atoms with Gasteiger partial charge < -0.3 is 9.15 Å². The first-order valence-corrected chi connectivity index (χ1v) is 14.5. The number of hydrogen-bond acceptors (Lipinski definition) is 7. The molecule has 0 radical (unpaired) electrons.